The third kappa shape index (κ3) is 4.40. The molecule has 1 aromatic rings. The number of nitrogens with zero attached hydrogens (tertiary/aromatic N) is 1. The van der Waals surface area contributed by atoms with Crippen LogP contribution >= 0.6 is 12.2 Å². The van der Waals surface area contributed by atoms with Gasteiger partial charge in [0.05, 0.1) is 4.90 Å². The highest BCUT2D eigenvalue weighted by atomic mass is 32.2. The van der Waals surface area contributed by atoms with E-state index in [-0.39, 0.29) is 15.6 Å². The van der Waals surface area contributed by atoms with Crippen LogP contribution in [0.25, 0.3) is 0 Å². The van der Waals surface area contributed by atoms with E-state index in [2.05, 4.69) is 16.2 Å². The van der Waals surface area contributed by atoms with Gasteiger partial charge in [-0.2, -0.15) is 4.31 Å². The van der Waals surface area contributed by atoms with Crippen LogP contribution in [0.4, 0.5) is 0 Å². The number of sulfonamides is 1. The monoisotopic (exact) mass is 356 g/mol. The van der Waals surface area contributed by atoms with Crippen molar-refractivity contribution < 1.29 is 13.2 Å². The first kappa shape index (κ1) is 17.6. The van der Waals surface area contributed by atoms with Gasteiger partial charge in [0.2, 0.25) is 10.0 Å². The van der Waals surface area contributed by atoms with Crippen molar-refractivity contribution in [2.24, 2.45) is 0 Å². The number of amides is 1. The number of hydrogen-bond acceptors (Lipinski definition) is 4. The summed E-state index contributed by atoms with van der Waals surface area (Å²) in [7, 11) is -1.94. The SMILES string of the molecule is CNC(=S)NNC(=O)c1cccc(S(=O)(=O)N2CCCCC2)c1. The number of piperidine rings is 1. The summed E-state index contributed by atoms with van der Waals surface area (Å²) in [4.78, 5) is 12.2. The minimum Gasteiger partial charge on any atom is -0.364 e. The van der Waals surface area contributed by atoms with Crippen LogP contribution in [-0.2, 0) is 10.0 Å². The van der Waals surface area contributed by atoms with Crippen molar-refractivity contribution in [1.82, 2.24) is 20.5 Å². The van der Waals surface area contributed by atoms with Crippen LogP contribution < -0.4 is 16.2 Å². The third-order valence-electron chi connectivity index (χ3n) is 3.57. The van der Waals surface area contributed by atoms with E-state index in [1.54, 1.807) is 19.2 Å². The molecule has 1 aliphatic rings. The topological polar surface area (TPSA) is 90.5 Å². The maximum absolute atomic E-state index is 12.6. The number of benzene rings is 1. The van der Waals surface area contributed by atoms with Crippen LogP contribution in [0.15, 0.2) is 29.2 Å². The predicted octanol–water partition coefficient (Wildman–Crippen LogP) is 0.600. The Labute approximate surface area is 141 Å². The molecule has 0 aromatic heterocycles. The number of thiocarbonyl (C=S) groups is 1. The molecule has 0 aliphatic carbocycles. The van der Waals surface area contributed by atoms with Crippen LogP contribution in [0.5, 0.6) is 0 Å². The second-order valence-electron chi connectivity index (χ2n) is 5.15. The van der Waals surface area contributed by atoms with Crippen LogP contribution in [0.3, 0.4) is 0 Å². The van der Waals surface area contributed by atoms with Gasteiger partial charge in [0.1, 0.15) is 0 Å². The van der Waals surface area contributed by atoms with Gasteiger partial charge in [-0.05, 0) is 43.3 Å². The summed E-state index contributed by atoms with van der Waals surface area (Å²) in [6.07, 6.45) is 2.78. The van der Waals surface area contributed by atoms with Gasteiger partial charge in [0, 0.05) is 25.7 Å². The Kier molecular flexibility index (Phi) is 5.91. The zero-order valence-electron chi connectivity index (χ0n) is 12.8. The van der Waals surface area contributed by atoms with E-state index in [1.807, 2.05) is 0 Å². The first-order valence-corrected chi connectivity index (χ1v) is 9.18. The van der Waals surface area contributed by atoms with Crippen LogP contribution in [0.1, 0.15) is 29.6 Å². The number of hydrogen-bond donors (Lipinski definition) is 3. The molecule has 0 saturated carbocycles. The average molecular weight is 356 g/mol. The summed E-state index contributed by atoms with van der Waals surface area (Å²) in [5.41, 5.74) is 5.16. The fraction of sp³-hybridized carbons (Fsp3) is 0.429. The smallest absolute Gasteiger partial charge is 0.269 e. The number of rotatable bonds is 3. The van der Waals surface area contributed by atoms with E-state index in [0.29, 0.717) is 13.1 Å². The third-order valence-corrected chi connectivity index (χ3v) is 5.77. The van der Waals surface area contributed by atoms with Gasteiger partial charge < -0.3 is 5.32 Å². The van der Waals surface area contributed by atoms with E-state index in [1.165, 1.54) is 16.4 Å². The second kappa shape index (κ2) is 7.71. The van der Waals surface area contributed by atoms with E-state index in [0.717, 1.165) is 19.3 Å². The Balaban J connectivity index is 2.15. The van der Waals surface area contributed by atoms with Crippen molar-refractivity contribution >= 4 is 33.3 Å². The Bertz CT molecular complexity index is 685. The molecule has 3 N–H and O–H groups in total. The lowest BCUT2D eigenvalue weighted by molar-refractivity contribution is 0.0943. The summed E-state index contributed by atoms with van der Waals surface area (Å²) in [5, 5.41) is 2.91. The maximum Gasteiger partial charge on any atom is 0.269 e. The van der Waals surface area contributed by atoms with Crippen LogP contribution in [-0.4, -0.2) is 43.9 Å². The van der Waals surface area contributed by atoms with Crippen molar-refractivity contribution in [3.05, 3.63) is 29.8 Å². The van der Waals surface area contributed by atoms with Gasteiger partial charge in [-0.3, -0.25) is 15.6 Å². The summed E-state index contributed by atoms with van der Waals surface area (Å²) >= 11 is 4.85. The molecule has 0 bridgehead atoms. The van der Waals surface area contributed by atoms with Crippen molar-refractivity contribution in [2.75, 3.05) is 20.1 Å². The highest BCUT2D eigenvalue weighted by Gasteiger charge is 2.26. The lowest BCUT2D eigenvalue weighted by Crippen LogP contribution is -2.45. The van der Waals surface area contributed by atoms with Crippen molar-refractivity contribution in [3.8, 4) is 0 Å². The molecule has 0 spiro atoms. The molecule has 1 amide bonds. The first-order chi connectivity index (χ1) is 10.9. The molecule has 1 fully saturated rings. The van der Waals surface area contributed by atoms with E-state index >= 15 is 0 Å². The zero-order valence-corrected chi connectivity index (χ0v) is 14.5. The lowest BCUT2D eigenvalue weighted by atomic mass is 10.2. The summed E-state index contributed by atoms with van der Waals surface area (Å²) in [5.74, 6) is -0.460. The molecule has 0 radical (unpaired) electrons. The molecule has 126 valence electrons. The minimum atomic E-state index is -3.56. The standard InChI is InChI=1S/C14H20N4O3S2/c1-15-14(22)17-16-13(19)11-6-5-7-12(10-11)23(20,21)18-8-3-2-4-9-18/h5-7,10H,2-4,8-9H2,1H3,(H,16,19)(H2,15,17,22). The van der Waals surface area contributed by atoms with Gasteiger partial charge >= 0.3 is 0 Å². The molecule has 7 nitrogen and oxygen atoms in total. The Morgan fingerprint density at radius 3 is 2.52 bits per heavy atom. The Hall–Kier alpha value is -1.71. The quantitative estimate of drug-likeness (QED) is 0.543. The average Bonchev–Trinajstić information content (AvgIpc) is 2.60. The highest BCUT2D eigenvalue weighted by molar-refractivity contribution is 7.89. The van der Waals surface area contributed by atoms with Gasteiger partial charge in [0.25, 0.3) is 5.91 Å². The summed E-state index contributed by atoms with van der Waals surface area (Å²) in [6.45, 7) is 1.05. The summed E-state index contributed by atoms with van der Waals surface area (Å²) in [6, 6.07) is 5.99. The zero-order chi connectivity index (χ0) is 16.9. The minimum absolute atomic E-state index is 0.128. The molecule has 1 heterocycles. The van der Waals surface area contributed by atoms with E-state index < -0.39 is 15.9 Å². The molecule has 0 atom stereocenters. The van der Waals surface area contributed by atoms with Crippen LogP contribution in [0, 0.1) is 0 Å². The molecular weight excluding hydrogens is 336 g/mol. The van der Waals surface area contributed by atoms with E-state index in [9.17, 15) is 13.2 Å². The molecule has 2 rings (SSSR count). The first-order valence-electron chi connectivity index (χ1n) is 7.33. The normalized spacial score (nSPS) is 15.7. The molecule has 9 heteroatoms. The van der Waals surface area contributed by atoms with Crippen LogP contribution in [0.2, 0.25) is 0 Å². The fourth-order valence-corrected chi connectivity index (χ4v) is 3.91. The number of carbonyl (C=O) groups is 1. The van der Waals surface area contributed by atoms with Gasteiger partial charge in [0.15, 0.2) is 5.11 Å². The van der Waals surface area contributed by atoms with Gasteiger partial charge in [-0.15, -0.1) is 0 Å². The highest BCUT2D eigenvalue weighted by Crippen LogP contribution is 2.21. The predicted molar refractivity (Wildman–Crippen MR) is 91.3 cm³/mol. The molecule has 1 saturated heterocycles. The Morgan fingerprint density at radius 2 is 1.87 bits per heavy atom. The van der Waals surface area contributed by atoms with Crippen molar-refractivity contribution in [2.45, 2.75) is 24.2 Å². The second-order valence-corrected chi connectivity index (χ2v) is 7.50. The summed E-state index contributed by atoms with van der Waals surface area (Å²) < 4.78 is 26.7. The number of nitrogens with one attached hydrogen (secondary N) is 3. The molecule has 1 aliphatic heterocycles. The van der Waals surface area contributed by atoms with Gasteiger partial charge in [-0.1, -0.05) is 12.5 Å². The molecule has 0 unspecified atom stereocenters. The van der Waals surface area contributed by atoms with Gasteiger partial charge in [-0.25, -0.2) is 8.42 Å². The lowest BCUT2D eigenvalue weighted by Gasteiger charge is -2.26. The fourth-order valence-electron chi connectivity index (χ4n) is 2.30. The number of hydrazine groups is 1. The molecule has 1 aromatic carbocycles. The number of carbonyl (C=O) groups excluding carboxylic acids is 1. The largest absolute Gasteiger partial charge is 0.364 e. The van der Waals surface area contributed by atoms with Crippen molar-refractivity contribution in [3.63, 3.8) is 0 Å². The Morgan fingerprint density at radius 1 is 1.17 bits per heavy atom. The molecular formula is C14H20N4O3S2. The molecule has 23 heavy (non-hydrogen) atoms. The van der Waals surface area contributed by atoms with E-state index in [4.69, 9.17) is 12.2 Å². The van der Waals surface area contributed by atoms with Crippen molar-refractivity contribution in [1.29, 1.82) is 0 Å². The maximum atomic E-state index is 12.6.